The summed E-state index contributed by atoms with van der Waals surface area (Å²) in [7, 11) is -1.79. The second kappa shape index (κ2) is 7.00. The van der Waals surface area contributed by atoms with E-state index in [9.17, 15) is 13.2 Å². The highest BCUT2D eigenvalue weighted by atomic mass is 32.2. The van der Waals surface area contributed by atoms with Crippen LogP contribution in [0.15, 0.2) is 59.5 Å². The molecule has 2 aliphatic rings. The molecule has 0 saturated carbocycles. The molecule has 4 rings (SSSR count). The van der Waals surface area contributed by atoms with E-state index in [2.05, 4.69) is 0 Å². The van der Waals surface area contributed by atoms with Gasteiger partial charge in [-0.2, -0.15) is 0 Å². The van der Waals surface area contributed by atoms with Crippen molar-refractivity contribution in [2.45, 2.75) is 47.9 Å². The number of nitrogens with zero attached hydrogens (tertiary/aromatic N) is 1. The number of benzene rings is 2. The van der Waals surface area contributed by atoms with Crippen LogP contribution in [-0.2, 0) is 9.84 Å². The van der Waals surface area contributed by atoms with E-state index in [0.717, 1.165) is 12.8 Å². The molecule has 2 bridgehead atoms. The van der Waals surface area contributed by atoms with Gasteiger partial charge in [-0.25, -0.2) is 8.42 Å². The summed E-state index contributed by atoms with van der Waals surface area (Å²) < 4.78 is 31.3. The molecule has 2 aliphatic heterocycles. The molecule has 0 aliphatic carbocycles. The van der Waals surface area contributed by atoms with E-state index in [1.165, 1.54) is 0 Å². The highest BCUT2D eigenvalue weighted by Crippen LogP contribution is 2.40. The molecule has 2 fully saturated rings. The maximum absolute atomic E-state index is 13.1. The van der Waals surface area contributed by atoms with Crippen LogP contribution in [-0.4, -0.2) is 43.7 Å². The van der Waals surface area contributed by atoms with Crippen LogP contribution in [0.4, 0.5) is 0 Å². The minimum atomic E-state index is -3.37. The van der Waals surface area contributed by atoms with Crippen molar-refractivity contribution in [3.63, 3.8) is 0 Å². The third kappa shape index (κ3) is 3.23. The molecule has 0 radical (unpaired) electrons. The molecule has 2 atom stereocenters. The van der Waals surface area contributed by atoms with Gasteiger partial charge in [0.1, 0.15) is 5.75 Å². The number of methoxy groups -OCH3 is 1. The molecule has 0 N–H and O–H groups in total. The van der Waals surface area contributed by atoms with Crippen molar-refractivity contribution in [3.05, 3.63) is 60.2 Å². The lowest BCUT2D eigenvalue weighted by molar-refractivity contribution is 0.0598. The predicted octanol–water partition coefficient (Wildman–Crippen LogP) is 3.30. The summed E-state index contributed by atoms with van der Waals surface area (Å²) in [5, 5.41) is -0.424. The minimum Gasteiger partial charge on any atom is -0.497 e. The second-order valence-electron chi connectivity index (χ2n) is 7.28. The molecular formula is C21H23NO4S. The lowest BCUT2D eigenvalue weighted by atomic mass is 10.0. The third-order valence-electron chi connectivity index (χ3n) is 5.75. The second-order valence-corrected chi connectivity index (χ2v) is 9.51. The quantitative estimate of drug-likeness (QED) is 0.810. The number of hydrogen-bond donors (Lipinski definition) is 0. The Kier molecular flexibility index (Phi) is 4.68. The van der Waals surface area contributed by atoms with Crippen LogP contribution in [0.3, 0.4) is 0 Å². The number of amides is 1. The zero-order chi connectivity index (χ0) is 19.0. The molecule has 2 saturated heterocycles. The molecule has 142 valence electrons. The lowest BCUT2D eigenvalue weighted by Gasteiger charge is -2.38. The standard InChI is InChI=1S/C21H23NO4S/c1-26-18-7-5-6-15(12-18)21(23)22-16-10-11-17(22)14-20(13-16)27(24,25)19-8-3-2-4-9-19/h2-9,12,16-17,20H,10-11,13-14H2,1H3. The van der Waals surface area contributed by atoms with Gasteiger partial charge >= 0.3 is 0 Å². The van der Waals surface area contributed by atoms with Gasteiger partial charge in [0.15, 0.2) is 9.84 Å². The first-order valence-electron chi connectivity index (χ1n) is 9.26. The van der Waals surface area contributed by atoms with Crippen LogP contribution < -0.4 is 4.74 Å². The van der Waals surface area contributed by atoms with Crippen LogP contribution >= 0.6 is 0 Å². The van der Waals surface area contributed by atoms with E-state index in [1.54, 1.807) is 49.6 Å². The Labute approximate surface area is 159 Å². The normalized spacial score (nSPS) is 24.6. The first-order chi connectivity index (χ1) is 13.0. The predicted molar refractivity (Wildman–Crippen MR) is 103 cm³/mol. The molecule has 27 heavy (non-hydrogen) atoms. The fourth-order valence-electron chi connectivity index (χ4n) is 4.42. The summed E-state index contributed by atoms with van der Waals surface area (Å²) in [5.41, 5.74) is 0.593. The summed E-state index contributed by atoms with van der Waals surface area (Å²) in [6.45, 7) is 0. The Bertz CT molecular complexity index is 928. The third-order valence-corrected chi connectivity index (χ3v) is 7.94. The number of ether oxygens (including phenoxy) is 1. The van der Waals surface area contributed by atoms with E-state index in [1.807, 2.05) is 17.0 Å². The van der Waals surface area contributed by atoms with Crippen LogP contribution in [0.5, 0.6) is 5.75 Å². The monoisotopic (exact) mass is 385 g/mol. The topological polar surface area (TPSA) is 63.7 Å². The van der Waals surface area contributed by atoms with Crippen molar-refractivity contribution in [2.24, 2.45) is 0 Å². The van der Waals surface area contributed by atoms with Gasteiger partial charge in [0.25, 0.3) is 5.91 Å². The lowest BCUT2D eigenvalue weighted by Crippen LogP contribution is -2.49. The molecular weight excluding hydrogens is 362 g/mol. The molecule has 0 spiro atoms. The zero-order valence-corrected chi connectivity index (χ0v) is 16.1. The van der Waals surface area contributed by atoms with Gasteiger partial charge in [-0.1, -0.05) is 24.3 Å². The largest absolute Gasteiger partial charge is 0.497 e. The highest BCUT2D eigenvalue weighted by molar-refractivity contribution is 7.92. The van der Waals surface area contributed by atoms with Gasteiger partial charge in [0, 0.05) is 17.6 Å². The average molecular weight is 385 g/mol. The van der Waals surface area contributed by atoms with Crippen LogP contribution in [0.25, 0.3) is 0 Å². The van der Waals surface area contributed by atoms with Crippen molar-refractivity contribution < 1.29 is 17.9 Å². The van der Waals surface area contributed by atoms with Crippen molar-refractivity contribution in [2.75, 3.05) is 7.11 Å². The smallest absolute Gasteiger partial charge is 0.254 e. The van der Waals surface area contributed by atoms with Gasteiger partial charge in [-0.05, 0) is 56.0 Å². The number of fused-ring (bicyclic) bond motifs is 2. The molecule has 5 nitrogen and oxygen atoms in total. The Morgan fingerprint density at radius 3 is 2.30 bits per heavy atom. The molecule has 0 aromatic heterocycles. The van der Waals surface area contributed by atoms with Crippen LogP contribution in [0.2, 0.25) is 0 Å². The van der Waals surface area contributed by atoms with Crippen molar-refractivity contribution in [1.82, 2.24) is 4.90 Å². The Hall–Kier alpha value is -2.34. The van der Waals surface area contributed by atoms with Gasteiger partial charge < -0.3 is 9.64 Å². The van der Waals surface area contributed by atoms with Crippen molar-refractivity contribution in [1.29, 1.82) is 0 Å². The molecule has 1 amide bonds. The summed E-state index contributed by atoms with van der Waals surface area (Å²) in [6, 6.07) is 15.7. The van der Waals surface area contributed by atoms with E-state index in [-0.39, 0.29) is 18.0 Å². The van der Waals surface area contributed by atoms with E-state index in [4.69, 9.17) is 4.74 Å². The van der Waals surface area contributed by atoms with E-state index >= 15 is 0 Å². The fourth-order valence-corrected chi connectivity index (χ4v) is 6.29. The van der Waals surface area contributed by atoms with Crippen LogP contribution in [0, 0.1) is 0 Å². The number of hydrogen-bond acceptors (Lipinski definition) is 4. The Morgan fingerprint density at radius 2 is 1.67 bits per heavy atom. The maximum atomic E-state index is 13.1. The number of piperidine rings is 1. The first-order valence-corrected chi connectivity index (χ1v) is 10.8. The van der Waals surface area contributed by atoms with Gasteiger partial charge in [0.05, 0.1) is 17.3 Å². The van der Waals surface area contributed by atoms with E-state index in [0.29, 0.717) is 29.1 Å². The van der Waals surface area contributed by atoms with Gasteiger partial charge in [0.2, 0.25) is 0 Å². The molecule has 2 aromatic carbocycles. The number of carbonyl (C=O) groups is 1. The summed E-state index contributed by atoms with van der Waals surface area (Å²) in [4.78, 5) is 15.4. The fraction of sp³-hybridized carbons (Fsp3) is 0.381. The Balaban J connectivity index is 1.56. The van der Waals surface area contributed by atoms with E-state index < -0.39 is 15.1 Å². The molecule has 2 heterocycles. The SMILES string of the molecule is COc1cccc(C(=O)N2C3CCC2CC(S(=O)(=O)c2ccccc2)C3)c1. The minimum absolute atomic E-state index is 0.0223. The summed E-state index contributed by atoms with van der Waals surface area (Å²) >= 11 is 0. The van der Waals surface area contributed by atoms with Crippen molar-refractivity contribution >= 4 is 15.7 Å². The average Bonchev–Trinajstić information content (AvgIpc) is 2.96. The highest BCUT2D eigenvalue weighted by Gasteiger charge is 2.47. The molecule has 2 unspecified atom stereocenters. The summed E-state index contributed by atoms with van der Waals surface area (Å²) in [5.74, 6) is 0.617. The number of rotatable bonds is 4. The van der Waals surface area contributed by atoms with Crippen LogP contribution in [0.1, 0.15) is 36.0 Å². The van der Waals surface area contributed by atoms with Crippen molar-refractivity contribution in [3.8, 4) is 5.75 Å². The maximum Gasteiger partial charge on any atom is 0.254 e. The molecule has 2 aromatic rings. The molecule has 6 heteroatoms. The van der Waals surface area contributed by atoms with Gasteiger partial charge in [-0.3, -0.25) is 4.79 Å². The Morgan fingerprint density at radius 1 is 1.00 bits per heavy atom. The first kappa shape index (κ1) is 18.0. The zero-order valence-electron chi connectivity index (χ0n) is 15.2. The van der Waals surface area contributed by atoms with Gasteiger partial charge in [-0.15, -0.1) is 0 Å². The summed E-state index contributed by atoms with van der Waals surface area (Å²) in [6.07, 6.45) is 2.73. The number of carbonyl (C=O) groups excluding carboxylic acids is 1. The number of sulfone groups is 1.